The molecule has 3 aliphatic rings. The summed E-state index contributed by atoms with van der Waals surface area (Å²) in [6.07, 6.45) is 11.3. The largest absolute Gasteiger partial charge is 0.335 e. The third kappa shape index (κ3) is 1.87. The summed E-state index contributed by atoms with van der Waals surface area (Å²) in [4.78, 5) is 23.2. The van der Waals surface area contributed by atoms with E-state index >= 15 is 0 Å². The van der Waals surface area contributed by atoms with E-state index in [2.05, 4.69) is 20.2 Å². The van der Waals surface area contributed by atoms with E-state index in [4.69, 9.17) is 0 Å². The molecule has 106 valence electrons. The molecule has 1 saturated heterocycles. The van der Waals surface area contributed by atoms with Gasteiger partial charge in [-0.25, -0.2) is 14.8 Å². The van der Waals surface area contributed by atoms with Crippen molar-refractivity contribution in [1.29, 1.82) is 0 Å². The highest BCUT2D eigenvalue weighted by Gasteiger charge is 2.43. The Bertz CT molecular complexity index is 526. The molecule has 5 heteroatoms. The van der Waals surface area contributed by atoms with E-state index in [1.165, 1.54) is 12.8 Å². The van der Waals surface area contributed by atoms with Crippen LogP contribution >= 0.6 is 0 Å². The van der Waals surface area contributed by atoms with Crippen LogP contribution < -0.4 is 5.32 Å². The van der Waals surface area contributed by atoms with Crippen molar-refractivity contribution in [3.8, 4) is 0 Å². The molecule has 4 rings (SSSR count). The van der Waals surface area contributed by atoms with Crippen LogP contribution in [0.2, 0.25) is 0 Å². The molecule has 2 amide bonds. The number of nitrogens with one attached hydrogen (secondary N) is 1. The van der Waals surface area contributed by atoms with Crippen LogP contribution in [0.1, 0.15) is 55.8 Å². The molecule has 2 aliphatic heterocycles. The van der Waals surface area contributed by atoms with Gasteiger partial charge < -0.3 is 10.2 Å². The maximum atomic E-state index is 12.6. The van der Waals surface area contributed by atoms with Gasteiger partial charge in [-0.2, -0.15) is 0 Å². The standard InChI is InChI=1S/C15H20N4O/c20-15(18-10-3-1-2-4-10)19-11-5-6-14(19)12-8-16-9-17-13(12)7-11/h8-11,14H,1-7H2,(H,18,20)/t11-,14+/m0/s1. The minimum atomic E-state index is 0.124. The highest BCUT2D eigenvalue weighted by Crippen LogP contribution is 2.42. The van der Waals surface area contributed by atoms with Gasteiger partial charge in [-0.3, -0.25) is 0 Å². The maximum absolute atomic E-state index is 12.6. The van der Waals surface area contributed by atoms with E-state index in [0.717, 1.165) is 43.4 Å². The lowest BCUT2D eigenvalue weighted by Gasteiger charge is -2.36. The average molecular weight is 272 g/mol. The molecule has 1 aromatic heterocycles. The van der Waals surface area contributed by atoms with Gasteiger partial charge in [0.2, 0.25) is 0 Å². The van der Waals surface area contributed by atoms with Gasteiger partial charge in [0.05, 0.1) is 11.7 Å². The summed E-state index contributed by atoms with van der Waals surface area (Å²) in [5.74, 6) is 0. The van der Waals surface area contributed by atoms with Crippen LogP contribution in [0.3, 0.4) is 0 Å². The third-order valence-corrected chi connectivity index (χ3v) is 5.03. The SMILES string of the molecule is O=C(NC1CCCC1)N1[C@H]2CC[C@@H]1c1cncnc1C2. The molecule has 20 heavy (non-hydrogen) atoms. The van der Waals surface area contributed by atoms with Crippen LogP contribution in [-0.4, -0.2) is 33.0 Å². The Hall–Kier alpha value is -1.65. The number of amides is 2. The molecular weight excluding hydrogens is 252 g/mol. The summed E-state index contributed by atoms with van der Waals surface area (Å²) in [5.41, 5.74) is 2.29. The lowest BCUT2D eigenvalue weighted by atomic mass is 10.00. The quantitative estimate of drug-likeness (QED) is 0.852. The zero-order valence-electron chi connectivity index (χ0n) is 11.6. The van der Waals surface area contributed by atoms with Gasteiger partial charge in [0.1, 0.15) is 6.33 Å². The second kappa shape index (κ2) is 4.72. The highest BCUT2D eigenvalue weighted by molar-refractivity contribution is 5.76. The fourth-order valence-electron chi connectivity index (χ4n) is 4.05. The molecular formula is C15H20N4O. The maximum Gasteiger partial charge on any atom is 0.318 e. The van der Waals surface area contributed by atoms with Crippen molar-refractivity contribution in [2.75, 3.05) is 0 Å². The van der Waals surface area contributed by atoms with Crippen LogP contribution in [0, 0.1) is 0 Å². The minimum absolute atomic E-state index is 0.124. The predicted octanol–water partition coefficient (Wildman–Crippen LogP) is 2.19. The number of hydrogen-bond donors (Lipinski definition) is 1. The zero-order valence-corrected chi connectivity index (χ0v) is 11.6. The molecule has 1 saturated carbocycles. The van der Waals surface area contributed by atoms with Gasteiger partial charge in [-0.05, 0) is 25.7 Å². The van der Waals surface area contributed by atoms with Gasteiger partial charge in [0, 0.05) is 30.3 Å². The van der Waals surface area contributed by atoms with E-state index in [0.29, 0.717) is 12.1 Å². The van der Waals surface area contributed by atoms with Gasteiger partial charge >= 0.3 is 6.03 Å². The third-order valence-electron chi connectivity index (χ3n) is 5.03. The summed E-state index contributed by atoms with van der Waals surface area (Å²) in [6.45, 7) is 0. The molecule has 5 nitrogen and oxygen atoms in total. The van der Waals surface area contributed by atoms with Crippen molar-refractivity contribution in [1.82, 2.24) is 20.2 Å². The fraction of sp³-hybridized carbons (Fsp3) is 0.667. The summed E-state index contributed by atoms with van der Waals surface area (Å²) in [5, 5.41) is 3.23. The molecule has 0 spiro atoms. The first kappa shape index (κ1) is 12.1. The lowest BCUT2D eigenvalue weighted by Crippen LogP contribution is -2.49. The second-order valence-electron chi connectivity index (χ2n) is 6.21. The van der Waals surface area contributed by atoms with Crippen LogP contribution in [0.25, 0.3) is 0 Å². The number of fused-ring (bicyclic) bond motifs is 4. The van der Waals surface area contributed by atoms with Crippen molar-refractivity contribution >= 4 is 6.03 Å². The Kier molecular flexibility index (Phi) is 2.86. The first-order valence-electron chi connectivity index (χ1n) is 7.70. The molecule has 2 fully saturated rings. The monoisotopic (exact) mass is 272 g/mol. The van der Waals surface area contributed by atoms with E-state index in [9.17, 15) is 4.79 Å². The van der Waals surface area contributed by atoms with Crippen molar-refractivity contribution in [2.45, 2.75) is 63.1 Å². The number of nitrogens with zero attached hydrogens (tertiary/aromatic N) is 3. The number of carbonyl (C=O) groups excluding carboxylic acids is 1. The van der Waals surface area contributed by atoms with Gasteiger partial charge in [-0.15, -0.1) is 0 Å². The van der Waals surface area contributed by atoms with E-state index in [1.807, 2.05) is 6.20 Å². The van der Waals surface area contributed by atoms with Gasteiger partial charge in [0.25, 0.3) is 0 Å². The van der Waals surface area contributed by atoms with Crippen molar-refractivity contribution in [2.24, 2.45) is 0 Å². The average Bonchev–Trinajstić information content (AvgIpc) is 3.06. The van der Waals surface area contributed by atoms with Gasteiger partial charge in [0.15, 0.2) is 0 Å². The first-order valence-corrected chi connectivity index (χ1v) is 7.70. The van der Waals surface area contributed by atoms with E-state index in [-0.39, 0.29) is 12.1 Å². The second-order valence-corrected chi connectivity index (χ2v) is 6.21. The first-order chi connectivity index (χ1) is 9.83. The van der Waals surface area contributed by atoms with Crippen molar-refractivity contribution < 1.29 is 4.79 Å². The molecule has 0 aromatic carbocycles. The lowest BCUT2D eigenvalue weighted by molar-refractivity contribution is 0.161. The highest BCUT2D eigenvalue weighted by atomic mass is 16.2. The predicted molar refractivity (Wildman–Crippen MR) is 74.1 cm³/mol. The number of aromatic nitrogens is 2. The molecule has 0 unspecified atom stereocenters. The fourth-order valence-corrected chi connectivity index (χ4v) is 4.05. The molecule has 0 radical (unpaired) electrons. The zero-order chi connectivity index (χ0) is 13.5. The number of carbonyl (C=O) groups is 1. The summed E-state index contributed by atoms with van der Waals surface area (Å²) >= 11 is 0. The smallest absolute Gasteiger partial charge is 0.318 e. The molecule has 1 N–H and O–H groups in total. The summed E-state index contributed by atoms with van der Waals surface area (Å²) < 4.78 is 0. The molecule has 3 heterocycles. The molecule has 1 aliphatic carbocycles. The topological polar surface area (TPSA) is 58.1 Å². The Morgan fingerprint density at radius 2 is 2.10 bits per heavy atom. The normalized spacial score (nSPS) is 28.5. The summed E-state index contributed by atoms with van der Waals surface area (Å²) in [7, 11) is 0. The van der Waals surface area contributed by atoms with E-state index < -0.39 is 0 Å². The van der Waals surface area contributed by atoms with Crippen LogP contribution in [-0.2, 0) is 6.42 Å². The number of urea groups is 1. The number of hydrogen-bond acceptors (Lipinski definition) is 3. The van der Waals surface area contributed by atoms with Crippen LogP contribution in [0.4, 0.5) is 4.79 Å². The summed E-state index contributed by atoms with van der Waals surface area (Å²) in [6, 6.07) is 1.02. The van der Waals surface area contributed by atoms with E-state index in [1.54, 1.807) is 6.33 Å². The Labute approximate surface area is 118 Å². The number of rotatable bonds is 1. The Morgan fingerprint density at radius 3 is 2.95 bits per heavy atom. The Balaban J connectivity index is 1.56. The molecule has 2 atom stereocenters. The Morgan fingerprint density at radius 1 is 1.25 bits per heavy atom. The van der Waals surface area contributed by atoms with Crippen molar-refractivity contribution in [3.63, 3.8) is 0 Å². The van der Waals surface area contributed by atoms with Gasteiger partial charge in [-0.1, -0.05) is 12.8 Å². The van der Waals surface area contributed by atoms with Crippen LogP contribution in [0.5, 0.6) is 0 Å². The van der Waals surface area contributed by atoms with Crippen LogP contribution in [0.15, 0.2) is 12.5 Å². The molecule has 2 bridgehead atoms. The minimum Gasteiger partial charge on any atom is -0.335 e. The van der Waals surface area contributed by atoms with Crippen molar-refractivity contribution in [3.05, 3.63) is 23.8 Å². The molecule has 1 aromatic rings.